The molecule has 1 N–H and O–H groups in total. The highest BCUT2D eigenvalue weighted by Crippen LogP contribution is 2.19. The number of nitrogens with one attached hydrogen (secondary N) is 1. The first-order chi connectivity index (χ1) is 10.1. The van der Waals surface area contributed by atoms with Gasteiger partial charge in [-0.2, -0.15) is 0 Å². The number of hydrogen-bond donors (Lipinski definition) is 1. The van der Waals surface area contributed by atoms with E-state index in [4.69, 9.17) is 0 Å². The number of benzene rings is 1. The summed E-state index contributed by atoms with van der Waals surface area (Å²) in [5.74, 6) is 2.11. The number of unbranched alkanes of at least 4 members (excludes halogenated alkanes) is 2. The molecule has 0 spiro atoms. The smallest absolute Gasteiger partial charge is 0.0436 e. The van der Waals surface area contributed by atoms with Gasteiger partial charge in [-0.15, -0.1) is 0 Å². The molecule has 0 saturated carbocycles. The average Bonchev–Trinajstić information content (AvgIpc) is 2.47. The van der Waals surface area contributed by atoms with Crippen molar-refractivity contribution in [2.45, 2.75) is 58.9 Å². The Balaban J connectivity index is 2.65. The number of rotatable bonds is 10. The molecule has 120 valence electrons. The van der Waals surface area contributed by atoms with Gasteiger partial charge in [0.1, 0.15) is 0 Å². The van der Waals surface area contributed by atoms with E-state index in [1.165, 1.54) is 24.0 Å². The van der Waals surface area contributed by atoms with Crippen molar-refractivity contribution < 1.29 is 4.21 Å². The van der Waals surface area contributed by atoms with Crippen molar-refractivity contribution in [3.63, 3.8) is 0 Å². The second-order valence-electron chi connectivity index (χ2n) is 5.95. The van der Waals surface area contributed by atoms with Crippen LogP contribution in [0, 0.1) is 0 Å². The zero-order valence-corrected chi connectivity index (χ0v) is 14.8. The summed E-state index contributed by atoms with van der Waals surface area (Å²) >= 11 is 0. The van der Waals surface area contributed by atoms with Gasteiger partial charge in [-0.05, 0) is 30.0 Å². The summed E-state index contributed by atoms with van der Waals surface area (Å²) in [5.41, 5.74) is 2.61. The van der Waals surface area contributed by atoms with Crippen LogP contribution in [0.25, 0.3) is 0 Å². The Morgan fingerprint density at radius 3 is 2.19 bits per heavy atom. The monoisotopic (exact) mass is 309 g/mol. The van der Waals surface area contributed by atoms with E-state index < -0.39 is 10.8 Å². The van der Waals surface area contributed by atoms with Gasteiger partial charge in [0.15, 0.2) is 0 Å². The molecule has 0 amide bonds. The van der Waals surface area contributed by atoms with Crippen LogP contribution in [0.15, 0.2) is 24.3 Å². The SMILES string of the molecule is CCCCCS(=O)CC(NCC)c1ccc(C(C)C)cc1. The Morgan fingerprint density at radius 1 is 1.05 bits per heavy atom. The Bertz CT molecular complexity index is 414. The maximum Gasteiger partial charge on any atom is 0.0436 e. The quantitative estimate of drug-likeness (QED) is 0.649. The predicted octanol–water partition coefficient (Wildman–Crippen LogP) is 4.40. The lowest BCUT2D eigenvalue weighted by Gasteiger charge is -2.19. The lowest BCUT2D eigenvalue weighted by molar-refractivity contribution is 0.593. The highest BCUT2D eigenvalue weighted by atomic mass is 32.2. The van der Waals surface area contributed by atoms with E-state index in [1.807, 2.05) is 0 Å². The van der Waals surface area contributed by atoms with Gasteiger partial charge in [0.2, 0.25) is 0 Å². The third-order valence-electron chi connectivity index (χ3n) is 3.78. The van der Waals surface area contributed by atoms with Gasteiger partial charge >= 0.3 is 0 Å². The standard InChI is InChI=1S/C18H31NOS/c1-5-7-8-13-21(20)14-18(19-6-2)17-11-9-16(10-12-17)15(3)4/h9-12,15,18-19H,5-8,13-14H2,1-4H3. The number of hydrogen-bond acceptors (Lipinski definition) is 2. The van der Waals surface area contributed by atoms with E-state index in [0.717, 1.165) is 24.5 Å². The highest BCUT2D eigenvalue weighted by molar-refractivity contribution is 7.85. The van der Waals surface area contributed by atoms with E-state index >= 15 is 0 Å². The molecule has 0 aliphatic rings. The van der Waals surface area contributed by atoms with Gasteiger partial charge < -0.3 is 5.32 Å². The molecule has 2 unspecified atom stereocenters. The minimum atomic E-state index is -0.730. The lowest BCUT2D eigenvalue weighted by Crippen LogP contribution is -2.26. The van der Waals surface area contributed by atoms with Gasteiger partial charge in [-0.3, -0.25) is 4.21 Å². The van der Waals surface area contributed by atoms with Gasteiger partial charge in [-0.1, -0.05) is 64.8 Å². The van der Waals surface area contributed by atoms with Crippen molar-refractivity contribution in [1.29, 1.82) is 0 Å². The van der Waals surface area contributed by atoms with Crippen molar-refractivity contribution in [3.05, 3.63) is 35.4 Å². The molecule has 3 heteroatoms. The molecule has 0 bridgehead atoms. The van der Waals surface area contributed by atoms with Gasteiger partial charge in [0.25, 0.3) is 0 Å². The van der Waals surface area contributed by atoms with E-state index in [0.29, 0.717) is 5.92 Å². The van der Waals surface area contributed by atoms with Crippen molar-refractivity contribution in [3.8, 4) is 0 Å². The third kappa shape index (κ3) is 6.75. The van der Waals surface area contributed by atoms with E-state index in [-0.39, 0.29) is 6.04 Å². The largest absolute Gasteiger partial charge is 0.309 e. The molecule has 2 atom stereocenters. The van der Waals surface area contributed by atoms with Crippen LogP contribution >= 0.6 is 0 Å². The van der Waals surface area contributed by atoms with Crippen LogP contribution < -0.4 is 5.32 Å². The van der Waals surface area contributed by atoms with Crippen LogP contribution in [-0.2, 0) is 10.8 Å². The molecule has 2 nitrogen and oxygen atoms in total. The zero-order chi connectivity index (χ0) is 15.7. The molecule has 1 aromatic rings. The second-order valence-corrected chi connectivity index (χ2v) is 7.57. The Hall–Kier alpha value is -0.670. The molecule has 0 fully saturated rings. The Labute approximate surface area is 133 Å². The molecule has 1 aromatic carbocycles. The summed E-state index contributed by atoms with van der Waals surface area (Å²) in [6.45, 7) is 9.61. The van der Waals surface area contributed by atoms with Crippen LogP contribution in [0.2, 0.25) is 0 Å². The summed E-state index contributed by atoms with van der Waals surface area (Å²) in [6.07, 6.45) is 3.44. The Morgan fingerprint density at radius 2 is 1.67 bits per heavy atom. The van der Waals surface area contributed by atoms with Crippen LogP contribution in [0.1, 0.15) is 70.0 Å². The minimum Gasteiger partial charge on any atom is -0.309 e. The fourth-order valence-corrected chi connectivity index (χ4v) is 3.79. The highest BCUT2D eigenvalue weighted by Gasteiger charge is 2.14. The van der Waals surface area contributed by atoms with E-state index in [2.05, 4.69) is 57.3 Å². The molecule has 0 aliphatic carbocycles. The van der Waals surface area contributed by atoms with Crippen molar-refractivity contribution in [2.24, 2.45) is 0 Å². The maximum absolute atomic E-state index is 12.2. The summed E-state index contributed by atoms with van der Waals surface area (Å²) in [4.78, 5) is 0. The van der Waals surface area contributed by atoms with Gasteiger partial charge in [-0.25, -0.2) is 0 Å². The van der Waals surface area contributed by atoms with Crippen LogP contribution in [0.5, 0.6) is 0 Å². The topological polar surface area (TPSA) is 29.1 Å². The van der Waals surface area contributed by atoms with Crippen molar-refractivity contribution in [1.82, 2.24) is 5.32 Å². The summed E-state index contributed by atoms with van der Waals surface area (Å²) in [6, 6.07) is 8.98. The third-order valence-corrected chi connectivity index (χ3v) is 5.23. The average molecular weight is 310 g/mol. The predicted molar refractivity (Wildman–Crippen MR) is 94.4 cm³/mol. The van der Waals surface area contributed by atoms with Crippen molar-refractivity contribution >= 4 is 10.8 Å². The molecule has 1 rings (SSSR count). The van der Waals surface area contributed by atoms with Gasteiger partial charge in [0.05, 0.1) is 0 Å². The normalized spacial score (nSPS) is 14.3. The minimum absolute atomic E-state index is 0.207. The fraction of sp³-hybridized carbons (Fsp3) is 0.667. The zero-order valence-electron chi connectivity index (χ0n) is 14.0. The van der Waals surface area contributed by atoms with Crippen LogP contribution in [0.3, 0.4) is 0 Å². The van der Waals surface area contributed by atoms with E-state index in [1.54, 1.807) is 0 Å². The first-order valence-corrected chi connectivity index (χ1v) is 9.75. The lowest BCUT2D eigenvalue weighted by atomic mass is 9.99. The molecule has 0 radical (unpaired) electrons. The molecule has 0 aliphatic heterocycles. The van der Waals surface area contributed by atoms with E-state index in [9.17, 15) is 4.21 Å². The summed E-state index contributed by atoms with van der Waals surface area (Å²) < 4.78 is 12.2. The van der Waals surface area contributed by atoms with Crippen molar-refractivity contribution in [2.75, 3.05) is 18.1 Å². The molecule has 21 heavy (non-hydrogen) atoms. The second kappa shape index (κ2) is 10.1. The first-order valence-electron chi connectivity index (χ1n) is 8.26. The maximum atomic E-state index is 12.2. The molecule has 0 aromatic heterocycles. The first kappa shape index (κ1) is 18.4. The molecule has 0 heterocycles. The fourth-order valence-electron chi connectivity index (χ4n) is 2.41. The molecule has 0 saturated heterocycles. The summed E-state index contributed by atoms with van der Waals surface area (Å²) in [7, 11) is -0.730. The Kier molecular flexibility index (Phi) is 8.86. The van der Waals surface area contributed by atoms with Gasteiger partial charge in [0, 0.05) is 28.3 Å². The van der Waals surface area contributed by atoms with Crippen LogP contribution in [-0.4, -0.2) is 22.3 Å². The molecular weight excluding hydrogens is 278 g/mol. The van der Waals surface area contributed by atoms with Crippen LogP contribution in [0.4, 0.5) is 0 Å². The molecular formula is C18H31NOS. The summed E-state index contributed by atoms with van der Waals surface area (Å²) in [5, 5.41) is 3.48.